The van der Waals surface area contributed by atoms with Crippen molar-refractivity contribution >= 4 is 47.7 Å². The van der Waals surface area contributed by atoms with Crippen molar-refractivity contribution in [2.45, 2.75) is 71.1 Å². The third-order valence-electron chi connectivity index (χ3n) is 7.36. The van der Waals surface area contributed by atoms with Crippen LogP contribution in [0.3, 0.4) is 0 Å². The lowest BCUT2D eigenvalue weighted by Crippen LogP contribution is -2.44. The molecule has 1 fully saturated rings. The second kappa shape index (κ2) is 15.4. The number of fused-ring (bicyclic) bond motifs is 1. The topological polar surface area (TPSA) is 230 Å². The van der Waals surface area contributed by atoms with Crippen LogP contribution in [0.25, 0.3) is 11.2 Å². The van der Waals surface area contributed by atoms with Gasteiger partial charge in [-0.1, -0.05) is 49.0 Å². The van der Waals surface area contributed by atoms with Gasteiger partial charge in [0.05, 0.1) is 25.0 Å². The first kappa shape index (κ1) is 36.7. The first-order valence-electron chi connectivity index (χ1n) is 15.0. The third kappa shape index (κ3) is 9.06. The quantitative estimate of drug-likeness (QED) is 0.0822. The van der Waals surface area contributed by atoms with E-state index in [0.717, 1.165) is 17.3 Å². The molecule has 18 heteroatoms. The lowest BCUT2D eigenvalue weighted by atomic mass is 9.96. The number of anilines is 1. The molecule has 0 radical (unpaired) electrons. The zero-order valence-corrected chi connectivity index (χ0v) is 28.3. The minimum absolute atomic E-state index is 0.0261. The molecule has 1 aliphatic heterocycles. The van der Waals surface area contributed by atoms with Gasteiger partial charge in [0.25, 0.3) is 5.56 Å². The van der Waals surface area contributed by atoms with Crippen molar-refractivity contribution in [3.05, 3.63) is 52.6 Å². The number of rotatable bonds is 16. The maximum absolute atomic E-state index is 13.9. The van der Waals surface area contributed by atoms with E-state index in [1.807, 2.05) is 37.3 Å². The number of nitrogen functional groups attached to an aromatic ring is 1. The zero-order chi connectivity index (χ0) is 34.4. The van der Waals surface area contributed by atoms with E-state index in [-0.39, 0.29) is 60.1 Å². The van der Waals surface area contributed by atoms with E-state index in [0.29, 0.717) is 6.42 Å². The first-order chi connectivity index (χ1) is 22.2. The number of aliphatic hydroxyl groups is 2. The maximum atomic E-state index is 13.9. The van der Waals surface area contributed by atoms with Crippen molar-refractivity contribution in [2.24, 2.45) is 5.41 Å². The van der Waals surface area contributed by atoms with Gasteiger partial charge in [-0.05, 0) is 32.8 Å². The molecule has 3 heterocycles. The minimum atomic E-state index is -4.08. The van der Waals surface area contributed by atoms with Gasteiger partial charge in [0.15, 0.2) is 22.5 Å². The Balaban J connectivity index is 1.41. The average molecular weight is 697 g/mol. The molecule has 0 saturated carbocycles. The smallest absolute Gasteiger partial charge is 0.405 e. The number of carbonyl (C=O) groups excluding carboxylic acids is 2. The van der Waals surface area contributed by atoms with E-state index in [4.69, 9.17) is 24.3 Å². The number of hydrogen-bond acceptors (Lipinski definition) is 14. The average Bonchev–Trinajstić information content (AvgIpc) is 3.54. The molecule has 0 aliphatic carbocycles. The number of thioether (sulfide) groups is 1. The van der Waals surface area contributed by atoms with Crippen LogP contribution in [0.5, 0.6) is 0 Å². The maximum Gasteiger partial charge on any atom is 0.405 e. The van der Waals surface area contributed by atoms with Crippen molar-refractivity contribution in [3.8, 4) is 0 Å². The molecule has 3 aromatic rings. The summed E-state index contributed by atoms with van der Waals surface area (Å²) in [5, 5.41) is 24.8. The van der Waals surface area contributed by atoms with Gasteiger partial charge >= 0.3 is 13.7 Å². The largest absolute Gasteiger partial charge is 0.465 e. The second-order valence-electron chi connectivity index (χ2n) is 11.9. The molecule has 1 aliphatic rings. The summed E-state index contributed by atoms with van der Waals surface area (Å²) in [6, 6.07) is 9.09. The van der Waals surface area contributed by atoms with Gasteiger partial charge < -0.3 is 25.4 Å². The highest BCUT2D eigenvalue weighted by Crippen LogP contribution is 2.47. The molecule has 1 saturated heterocycles. The van der Waals surface area contributed by atoms with Gasteiger partial charge in [-0.25, -0.2) is 14.6 Å². The van der Waals surface area contributed by atoms with Gasteiger partial charge in [0, 0.05) is 18.7 Å². The molecular weight excluding hydrogens is 655 g/mol. The Morgan fingerprint density at radius 1 is 1.28 bits per heavy atom. The van der Waals surface area contributed by atoms with E-state index in [1.165, 1.54) is 17.8 Å². The molecule has 16 nitrogen and oxygen atoms in total. The summed E-state index contributed by atoms with van der Waals surface area (Å²) in [6.45, 7) is 5.94. The number of imidazole rings is 1. The summed E-state index contributed by atoms with van der Waals surface area (Å²) in [7, 11) is -4.08. The lowest BCUT2D eigenvalue weighted by molar-refractivity contribution is -0.147. The molecular formula is C29H41N6O10PS. The Morgan fingerprint density at radius 2 is 2.00 bits per heavy atom. The number of carbonyl (C=O) groups is 2. The molecule has 1 aromatic carbocycles. The van der Waals surface area contributed by atoms with E-state index >= 15 is 0 Å². The number of hydrogen-bond donors (Lipinski definition) is 5. The first-order valence-corrected chi connectivity index (χ1v) is 17.5. The van der Waals surface area contributed by atoms with Crippen LogP contribution in [0.15, 0.2) is 41.5 Å². The van der Waals surface area contributed by atoms with Crippen LogP contribution in [0.4, 0.5) is 5.95 Å². The Kier molecular flexibility index (Phi) is 12.0. The predicted octanol–water partition coefficient (Wildman–Crippen LogP) is 2.27. The summed E-state index contributed by atoms with van der Waals surface area (Å²) in [6.07, 6.45) is -1.86. The van der Waals surface area contributed by atoms with Crippen molar-refractivity contribution < 1.29 is 42.9 Å². The summed E-state index contributed by atoms with van der Waals surface area (Å²) in [5.74, 6) is -0.430. The third-order valence-corrected chi connectivity index (χ3v) is 10.1. The van der Waals surface area contributed by atoms with Crippen LogP contribution < -0.4 is 16.4 Å². The number of aromatic amines is 1. The number of aliphatic hydroxyl groups excluding tert-OH is 1. The Bertz CT molecular complexity index is 1650. The number of aromatic nitrogens is 4. The fourth-order valence-corrected chi connectivity index (χ4v) is 6.89. The van der Waals surface area contributed by atoms with Crippen LogP contribution in [0, 0.1) is 5.41 Å². The molecule has 5 atom stereocenters. The lowest BCUT2D eigenvalue weighted by Gasteiger charge is -2.27. The Morgan fingerprint density at radius 3 is 2.70 bits per heavy atom. The van der Waals surface area contributed by atoms with Crippen LogP contribution >= 0.6 is 19.5 Å². The highest BCUT2D eigenvalue weighted by Gasteiger charge is 2.54. The number of nitrogens with zero attached hydrogens (tertiary/aromatic N) is 3. The molecule has 0 bridgehead atoms. The van der Waals surface area contributed by atoms with Crippen LogP contribution in [-0.2, 0) is 39.2 Å². The van der Waals surface area contributed by atoms with E-state index in [9.17, 15) is 29.2 Å². The van der Waals surface area contributed by atoms with Gasteiger partial charge in [0.2, 0.25) is 5.95 Å². The van der Waals surface area contributed by atoms with Crippen molar-refractivity contribution in [1.29, 1.82) is 0 Å². The monoisotopic (exact) mass is 696 g/mol. The molecule has 0 amide bonds. The number of benzene rings is 1. The van der Waals surface area contributed by atoms with Crippen LogP contribution in [-0.4, -0.2) is 84.2 Å². The Labute approximate surface area is 275 Å². The van der Waals surface area contributed by atoms with E-state index in [1.54, 1.807) is 13.8 Å². The van der Waals surface area contributed by atoms with Gasteiger partial charge in [-0.3, -0.25) is 33.0 Å². The fourth-order valence-electron chi connectivity index (χ4n) is 4.66. The minimum Gasteiger partial charge on any atom is -0.465 e. The van der Waals surface area contributed by atoms with Gasteiger partial charge in [-0.2, -0.15) is 4.98 Å². The van der Waals surface area contributed by atoms with Gasteiger partial charge in [0.1, 0.15) is 24.4 Å². The molecule has 0 spiro atoms. The fraction of sp³-hybridized carbons (Fsp3) is 0.552. The normalized spacial score (nSPS) is 22.7. The molecule has 6 N–H and O–H groups in total. The van der Waals surface area contributed by atoms with E-state index < -0.39 is 49.4 Å². The SMILES string of the molecule is CCCC(=O)OCC(C)(C)C(=O)SCCOP(=O)(NCc1ccccc1)OCC1OC(n2cnc3c(=O)[nH]c(N)nc32)[C@](C)(O)[C@@H]1O. The zero-order valence-electron chi connectivity index (χ0n) is 26.6. The molecule has 258 valence electrons. The van der Waals surface area contributed by atoms with Crippen LogP contribution in [0.1, 0.15) is 52.3 Å². The highest BCUT2D eigenvalue weighted by atomic mass is 32.2. The molecule has 3 unspecified atom stereocenters. The van der Waals surface area contributed by atoms with E-state index in [2.05, 4.69) is 20.0 Å². The number of nitrogens with one attached hydrogen (secondary N) is 2. The van der Waals surface area contributed by atoms with Crippen molar-refractivity contribution in [2.75, 3.05) is 31.3 Å². The number of H-pyrrole nitrogens is 1. The standard InChI is InChI=1S/C29H41N6O10PS/c1-5-9-20(36)42-16-28(2,3)26(39)47-13-12-43-46(41,32-14-18-10-7-6-8-11-18)44-15-19-22(37)29(4,40)25(45-19)35-17-31-21-23(35)33-27(30)34-24(21)38/h6-8,10-11,17,19,22,25,37,40H,5,9,12-16H2,1-4H3,(H,32,41)(H3,30,33,34,38)/t19?,22-,25?,29-,46?/m1/s1. The summed E-state index contributed by atoms with van der Waals surface area (Å²) < 4.78 is 37.7. The highest BCUT2D eigenvalue weighted by molar-refractivity contribution is 8.13. The van der Waals surface area contributed by atoms with Gasteiger partial charge in [-0.15, -0.1) is 0 Å². The number of esters is 1. The van der Waals surface area contributed by atoms with Crippen LogP contribution in [0.2, 0.25) is 0 Å². The summed E-state index contributed by atoms with van der Waals surface area (Å²) in [5.41, 5.74) is 3.00. The number of nitrogens with two attached hydrogens (primary N) is 1. The molecule has 4 rings (SSSR count). The number of ether oxygens (including phenoxy) is 2. The Hall–Kier alpha value is -3.15. The van der Waals surface area contributed by atoms with Crippen molar-refractivity contribution in [3.63, 3.8) is 0 Å². The predicted molar refractivity (Wildman–Crippen MR) is 173 cm³/mol. The molecule has 2 aromatic heterocycles. The summed E-state index contributed by atoms with van der Waals surface area (Å²) >= 11 is 0.943. The second-order valence-corrected chi connectivity index (χ2v) is 14.7. The van der Waals surface area contributed by atoms with Crippen molar-refractivity contribution in [1.82, 2.24) is 24.6 Å². The molecule has 47 heavy (non-hydrogen) atoms. The summed E-state index contributed by atoms with van der Waals surface area (Å²) in [4.78, 5) is 47.2.